The van der Waals surface area contributed by atoms with Crippen LogP contribution in [0, 0.1) is 12.7 Å². The Hall–Kier alpha value is -2.93. The first-order valence-electron chi connectivity index (χ1n) is 13.5. The van der Waals surface area contributed by atoms with Crippen LogP contribution < -0.4 is 0 Å². The van der Waals surface area contributed by atoms with Crippen LogP contribution in [0.2, 0.25) is 10.0 Å². The number of hydrogen-bond acceptors (Lipinski definition) is 4. The highest BCUT2D eigenvalue weighted by Crippen LogP contribution is 2.40. The van der Waals surface area contributed by atoms with Gasteiger partial charge in [-0.2, -0.15) is 0 Å². The summed E-state index contributed by atoms with van der Waals surface area (Å²) in [4.78, 5) is 26.1. The Morgan fingerprint density at radius 3 is 1.82 bits per heavy atom. The summed E-state index contributed by atoms with van der Waals surface area (Å²) in [7, 11) is 0. The van der Waals surface area contributed by atoms with E-state index in [-0.39, 0.29) is 31.5 Å². The number of ether oxygens (including phenoxy) is 2. The van der Waals surface area contributed by atoms with Crippen LogP contribution in [0.4, 0.5) is 4.39 Å². The highest BCUT2D eigenvalue weighted by atomic mass is 35.5. The van der Waals surface area contributed by atoms with Crippen molar-refractivity contribution in [3.8, 4) is 0 Å². The number of carbonyl (C=O) groups is 2. The van der Waals surface area contributed by atoms with Gasteiger partial charge >= 0.3 is 5.97 Å². The fourth-order valence-corrected chi connectivity index (χ4v) is 3.92. The number of esters is 1. The Balaban J connectivity index is 0.000000512. The third kappa shape index (κ3) is 11.7. The Morgan fingerprint density at radius 2 is 1.38 bits per heavy atom. The molecule has 0 spiro atoms. The van der Waals surface area contributed by atoms with Crippen molar-refractivity contribution in [3.63, 3.8) is 0 Å². The van der Waals surface area contributed by atoms with Gasteiger partial charge in [-0.3, -0.25) is 9.59 Å². The van der Waals surface area contributed by atoms with Crippen LogP contribution in [0.5, 0.6) is 0 Å². The van der Waals surface area contributed by atoms with E-state index in [2.05, 4.69) is 13.8 Å². The number of hydrogen-bond donors (Lipinski definition) is 0. The van der Waals surface area contributed by atoms with Crippen molar-refractivity contribution < 1.29 is 23.5 Å². The van der Waals surface area contributed by atoms with Crippen molar-refractivity contribution in [2.75, 3.05) is 19.8 Å². The van der Waals surface area contributed by atoms with Gasteiger partial charge in [0.05, 0.1) is 12.6 Å². The van der Waals surface area contributed by atoms with Crippen molar-refractivity contribution in [2.24, 2.45) is 0 Å². The fourth-order valence-electron chi connectivity index (χ4n) is 3.66. The summed E-state index contributed by atoms with van der Waals surface area (Å²) in [6, 6.07) is 20.3. The summed E-state index contributed by atoms with van der Waals surface area (Å²) < 4.78 is 23.0. The molecule has 1 saturated heterocycles. The van der Waals surface area contributed by atoms with E-state index in [0.29, 0.717) is 10.0 Å². The van der Waals surface area contributed by atoms with Crippen molar-refractivity contribution >= 4 is 35.1 Å². The molecule has 0 aromatic heterocycles. The van der Waals surface area contributed by atoms with E-state index in [1.807, 2.05) is 45.0 Å². The van der Waals surface area contributed by atoms with Crippen LogP contribution in [0.25, 0.3) is 0 Å². The number of nitrogens with zero attached hydrogens (tertiary/aromatic N) is 1. The van der Waals surface area contributed by atoms with Gasteiger partial charge in [0.1, 0.15) is 25.1 Å². The fraction of sp³-hybridized carbons (Fsp3) is 0.375. The van der Waals surface area contributed by atoms with Gasteiger partial charge in [0, 0.05) is 10.0 Å². The molecule has 3 aromatic rings. The minimum Gasteiger partial charge on any atom is -0.465 e. The van der Waals surface area contributed by atoms with E-state index in [9.17, 15) is 14.0 Å². The first kappa shape index (κ1) is 35.1. The number of carbonyl (C=O) groups excluding carboxylic acids is 2. The Labute approximate surface area is 248 Å². The van der Waals surface area contributed by atoms with Crippen LogP contribution in [-0.2, 0) is 19.1 Å². The molecule has 0 N–H and O–H groups in total. The first-order valence-corrected chi connectivity index (χ1v) is 14.2. The van der Waals surface area contributed by atoms with E-state index in [0.717, 1.165) is 16.7 Å². The molecule has 0 bridgehead atoms. The van der Waals surface area contributed by atoms with Gasteiger partial charge < -0.3 is 14.4 Å². The largest absolute Gasteiger partial charge is 0.465 e. The molecule has 8 heteroatoms. The highest BCUT2D eigenvalue weighted by Gasteiger charge is 2.39. The highest BCUT2D eigenvalue weighted by molar-refractivity contribution is 6.30. The average Bonchev–Trinajstić information content (AvgIpc) is 2.95. The molecule has 40 heavy (non-hydrogen) atoms. The molecule has 1 fully saturated rings. The van der Waals surface area contributed by atoms with Gasteiger partial charge in [-0.1, -0.05) is 99.3 Å². The zero-order chi connectivity index (χ0) is 30.1. The lowest BCUT2D eigenvalue weighted by atomic mass is 9.92. The SMILES string of the molecule is CC.CCC.CCOC(=O)CN1C(=O)COC(c2ccc(Cl)cc2)C1c1ccc(Cl)cc1.Cc1ccc(F)cc1. The Kier molecular flexibility index (Phi) is 16.8. The van der Waals surface area contributed by atoms with Gasteiger partial charge in [0.15, 0.2) is 0 Å². The van der Waals surface area contributed by atoms with E-state index in [4.69, 9.17) is 32.7 Å². The second-order valence-electron chi connectivity index (χ2n) is 8.61. The number of benzene rings is 3. The minimum absolute atomic E-state index is 0.114. The molecule has 0 aliphatic carbocycles. The van der Waals surface area contributed by atoms with Crippen LogP contribution in [-0.4, -0.2) is 36.5 Å². The number of aryl methyl sites for hydroxylation is 1. The maximum Gasteiger partial charge on any atom is 0.325 e. The standard InChI is InChI=1S/C20H19Cl2NO4.C7H7F.C3H8.C2H6/c1-2-26-18(25)11-23-17(24)12-27-20(14-5-9-16(22)10-6-14)19(23)13-3-7-15(21)8-4-13;1-6-2-4-7(8)5-3-6;1-3-2;1-2/h3-10,19-20H,2,11-12H2,1H3;2-5H,1H3;3H2,1-2H3;1-2H3. The van der Waals surface area contributed by atoms with Crippen LogP contribution >= 0.6 is 23.2 Å². The molecule has 1 amide bonds. The molecular weight excluding hydrogens is 552 g/mol. The molecule has 0 saturated carbocycles. The summed E-state index contributed by atoms with van der Waals surface area (Å²) in [5, 5.41) is 1.19. The predicted octanol–water partition coefficient (Wildman–Crippen LogP) is 8.77. The maximum absolute atomic E-state index is 12.6. The third-order valence-electron chi connectivity index (χ3n) is 5.35. The lowest BCUT2D eigenvalue weighted by molar-refractivity contribution is -0.166. The summed E-state index contributed by atoms with van der Waals surface area (Å²) >= 11 is 12.0. The minimum atomic E-state index is -0.492. The topological polar surface area (TPSA) is 55.8 Å². The summed E-state index contributed by atoms with van der Waals surface area (Å²) in [6.07, 6.45) is 0.801. The second kappa shape index (κ2) is 19.2. The van der Waals surface area contributed by atoms with Gasteiger partial charge in [-0.25, -0.2) is 4.39 Å². The molecule has 0 radical (unpaired) electrons. The van der Waals surface area contributed by atoms with Gasteiger partial charge in [-0.05, 0) is 61.4 Å². The zero-order valence-corrected chi connectivity index (χ0v) is 25.6. The van der Waals surface area contributed by atoms with Crippen LogP contribution in [0.15, 0.2) is 72.8 Å². The lowest BCUT2D eigenvalue weighted by Crippen LogP contribution is -2.48. The van der Waals surface area contributed by atoms with E-state index >= 15 is 0 Å². The van der Waals surface area contributed by atoms with Gasteiger partial charge in [-0.15, -0.1) is 0 Å². The molecule has 2 unspecified atom stereocenters. The molecular formula is C32H40Cl2FNO4. The van der Waals surface area contributed by atoms with Crippen molar-refractivity contribution in [1.82, 2.24) is 4.90 Å². The summed E-state index contributed by atoms with van der Waals surface area (Å²) in [6.45, 7) is 11.9. The molecule has 1 heterocycles. The van der Waals surface area contributed by atoms with Crippen molar-refractivity contribution in [1.29, 1.82) is 0 Å². The molecule has 218 valence electrons. The number of morpholine rings is 1. The Bertz CT molecular complexity index is 1120. The average molecular weight is 593 g/mol. The van der Waals surface area contributed by atoms with E-state index in [1.165, 1.54) is 23.5 Å². The lowest BCUT2D eigenvalue weighted by Gasteiger charge is -2.41. The maximum atomic E-state index is 12.6. The van der Waals surface area contributed by atoms with Crippen LogP contribution in [0.1, 0.15) is 69.9 Å². The zero-order valence-electron chi connectivity index (χ0n) is 24.1. The summed E-state index contributed by atoms with van der Waals surface area (Å²) in [5.41, 5.74) is 2.77. The second-order valence-corrected chi connectivity index (χ2v) is 9.48. The smallest absolute Gasteiger partial charge is 0.325 e. The molecule has 1 aliphatic heterocycles. The van der Waals surface area contributed by atoms with E-state index in [1.54, 1.807) is 43.3 Å². The molecule has 1 aliphatic rings. The molecule has 3 aromatic carbocycles. The van der Waals surface area contributed by atoms with Crippen LogP contribution in [0.3, 0.4) is 0 Å². The quantitative estimate of drug-likeness (QED) is 0.278. The third-order valence-corrected chi connectivity index (χ3v) is 5.86. The monoisotopic (exact) mass is 591 g/mol. The first-order chi connectivity index (χ1) is 19.2. The molecule has 2 atom stereocenters. The summed E-state index contributed by atoms with van der Waals surface area (Å²) in [5.74, 6) is -0.898. The van der Waals surface area contributed by atoms with Gasteiger partial charge in [0.2, 0.25) is 5.91 Å². The Morgan fingerprint density at radius 1 is 0.900 bits per heavy atom. The molecule has 4 rings (SSSR count). The normalized spacial score (nSPS) is 15.8. The van der Waals surface area contributed by atoms with Crippen molar-refractivity contribution in [2.45, 2.75) is 60.1 Å². The number of amides is 1. The predicted molar refractivity (Wildman–Crippen MR) is 161 cm³/mol. The number of rotatable bonds is 5. The van der Waals surface area contributed by atoms with Gasteiger partial charge in [0.25, 0.3) is 0 Å². The number of halogens is 3. The van der Waals surface area contributed by atoms with E-state index < -0.39 is 18.1 Å². The molecule has 5 nitrogen and oxygen atoms in total. The van der Waals surface area contributed by atoms with Crippen molar-refractivity contribution in [3.05, 3.63) is 105 Å².